The third-order valence-corrected chi connectivity index (χ3v) is 2.07. The van der Waals surface area contributed by atoms with Crippen LogP contribution in [0.5, 0.6) is 0 Å². The zero-order valence-corrected chi connectivity index (χ0v) is 6.81. The standard InChI is InChI=1S/C10H7NO2/c12-10-8-4-2-1-3-7(8)5-6-9(10)11-13/h1-6,9H. The van der Waals surface area contributed by atoms with E-state index in [1.807, 2.05) is 12.1 Å². The molecule has 1 aromatic carbocycles. The Morgan fingerprint density at radius 2 is 2.00 bits per heavy atom. The summed E-state index contributed by atoms with van der Waals surface area (Å²) < 4.78 is 0. The number of ketones is 1. The fourth-order valence-corrected chi connectivity index (χ4v) is 1.39. The average Bonchev–Trinajstić information content (AvgIpc) is 2.19. The first-order chi connectivity index (χ1) is 6.33. The van der Waals surface area contributed by atoms with Gasteiger partial charge in [0.25, 0.3) is 0 Å². The lowest BCUT2D eigenvalue weighted by Crippen LogP contribution is -2.19. The van der Waals surface area contributed by atoms with E-state index < -0.39 is 6.04 Å². The van der Waals surface area contributed by atoms with Crippen LogP contribution in [0.1, 0.15) is 15.9 Å². The highest BCUT2D eigenvalue weighted by atomic mass is 16.3. The number of nitrogens with zero attached hydrogens (tertiary/aromatic N) is 1. The fraction of sp³-hybridized carbons (Fsp3) is 0.100. The van der Waals surface area contributed by atoms with Crippen molar-refractivity contribution in [2.75, 3.05) is 0 Å². The highest BCUT2D eigenvalue weighted by molar-refractivity contribution is 6.06. The summed E-state index contributed by atoms with van der Waals surface area (Å²) in [4.78, 5) is 21.8. The van der Waals surface area contributed by atoms with Crippen LogP contribution in [-0.2, 0) is 0 Å². The molecule has 0 aliphatic heterocycles. The molecular weight excluding hydrogens is 166 g/mol. The molecule has 13 heavy (non-hydrogen) atoms. The van der Waals surface area contributed by atoms with Crippen molar-refractivity contribution in [3.63, 3.8) is 0 Å². The van der Waals surface area contributed by atoms with Gasteiger partial charge in [0.05, 0.1) is 0 Å². The lowest BCUT2D eigenvalue weighted by molar-refractivity contribution is 0.0977. The topological polar surface area (TPSA) is 46.5 Å². The van der Waals surface area contributed by atoms with Crippen LogP contribution < -0.4 is 0 Å². The molecule has 0 aromatic heterocycles. The Hall–Kier alpha value is -1.77. The van der Waals surface area contributed by atoms with E-state index in [1.54, 1.807) is 18.2 Å². The second-order valence-electron chi connectivity index (χ2n) is 2.86. The molecule has 0 amide bonds. The first kappa shape index (κ1) is 7.86. The van der Waals surface area contributed by atoms with Gasteiger partial charge in [-0.15, -0.1) is 4.91 Å². The Kier molecular flexibility index (Phi) is 1.77. The van der Waals surface area contributed by atoms with Crippen molar-refractivity contribution in [2.45, 2.75) is 6.04 Å². The number of benzene rings is 1. The molecular formula is C10H7NO2. The van der Waals surface area contributed by atoms with Crippen LogP contribution >= 0.6 is 0 Å². The summed E-state index contributed by atoms with van der Waals surface area (Å²) in [6, 6.07) is 6.34. The van der Waals surface area contributed by atoms with Crippen LogP contribution in [0.2, 0.25) is 0 Å². The van der Waals surface area contributed by atoms with Crippen molar-refractivity contribution in [3.8, 4) is 0 Å². The number of fused-ring (bicyclic) bond motifs is 1. The molecule has 0 spiro atoms. The van der Waals surface area contributed by atoms with Crippen LogP contribution in [0, 0.1) is 4.91 Å². The van der Waals surface area contributed by atoms with Crippen LogP contribution in [0.15, 0.2) is 35.5 Å². The summed E-state index contributed by atoms with van der Waals surface area (Å²) >= 11 is 0. The van der Waals surface area contributed by atoms with Crippen LogP contribution in [0.25, 0.3) is 6.08 Å². The normalized spacial score (nSPS) is 19.7. The molecule has 0 saturated heterocycles. The lowest BCUT2D eigenvalue weighted by Gasteiger charge is -2.11. The van der Waals surface area contributed by atoms with E-state index in [0.717, 1.165) is 5.56 Å². The average molecular weight is 173 g/mol. The molecule has 0 heterocycles. The molecule has 0 bridgehead atoms. The summed E-state index contributed by atoms with van der Waals surface area (Å²) in [7, 11) is 0. The number of hydrogen-bond acceptors (Lipinski definition) is 3. The third-order valence-electron chi connectivity index (χ3n) is 2.07. The van der Waals surface area contributed by atoms with Gasteiger partial charge >= 0.3 is 0 Å². The monoisotopic (exact) mass is 173 g/mol. The highest BCUT2D eigenvalue weighted by Gasteiger charge is 2.23. The van der Waals surface area contributed by atoms with Crippen molar-refractivity contribution < 1.29 is 4.79 Å². The number of Topliss-reactive ketones (excluding diaryl/α,β-unsaturated/α-hetero) is 1. The van der Waals surface area contributed by atoms with E-state index >= 15 is 0 Å². The highest BCUT2D eigenvalue weighted by Crippen LogP contribution is 2.20. The Labute approximate surface area is 75.1 Å². The third kappa shape index (κ3) is 1.18. The molecule has 3 heteroatoms. The maximum Gasteiger partial charge on any atom is 0.195 e. The van der Waals surface area contributed by atoms with Crippen LogP contribution in [0.4, 0.5) is 0 Å². The first-order valence-electron chi connectivity index (χ1n) is 3.97. The lowest BCUT2D eigenvalue weighted by atomic mass is 9.93. The maximum absolute atomic E-state index is 11.5. The van der Waals surface area contributed by atoms with Crippen molar-refractivity contribution in [3.05, 3.63) is 46.4 Å². The molecule has 1 aromatic rings. The van der Waals surface area contributed by atoms with Crippen LogP contribution in [-0.4, -0.2) is 11.8 Å². The van der Waals surface area contributed by atoms with Gasteiger partial charge in [-0.3, -0.25) is 4.79 Å². The van der Waals surface area contributed by atoms with Gasteiger partial charge in [-0.1, -0.05) is 35.5 Å². The van der Waals surface area contributed by atoms with Crippen molar-refractivity contribution in [1.29, 1.82) is 0 Å². The Morgan fingerprint density at radius 1 is 1.23 bits per heavy atom. The zero-order valence-electron chi connectivity index (χ0n) is 6.81. The molecule has 1 aliphatic carbocycles. The smallest absolute Gasteiger partial charge is 0.195 e. The van der Waals surface area contributed by atoms with E-state index in [4.69, 9.17) is 0 Å². The summed E-state index contributed by atoms with van der Waals surface area (Å²) in [5.41, 5.74) is 1.43. The molecule has 0 N–H and O–H groups in total. The van der Waals surface area contributed by atoms with Gasteiger partial charge in [0.15, 0.2) is 11.8 Å². The first-order valence-corrected chi connectivity index (χ1v) is 3.97. The minimum absolute atomic E-state index is 0.215. The summed E-state index contributed by atoms with van der Waals surface area (Å²) in [5.74, 6) is -0.215. The predicted molar refractivity (Wildman–Crippen MR) is 49.4 cm³/mol. The molecule has 1 unspecified atom stereocenters. The predicted octanol–water partition coefficient (Wildman–Crippen LogP) is 2.03. The van der Waals surface area contributed by atoms with E-state index in [-0.39, 0.29) is 5.78 Å². The summed E-state index contributed by atoms with van der Waals surface area (Å²) in [5, 5.41) is 2.74. The Morgan fingerprint density at radius 3 is 2.77 bits per heavy atom. The second kappa shape index (κ2) is 2.94. The van der Waals surface area contributed by atoms with Crippen molar-refractivity contribution >= 4 is 11.9 Å². The summed E-state index contributed by atoms with van der Waals surface area (Å²) in [6.07, 6.45) is 3.28. The SMILES string of the molecule is O=NC1C=Cc2ccccc2C1=O. The second-order valence-corrected chi connectivity index (χ2v) is 2.86. The molecule has 1 atom stereocenters. The van der Waals surface area contributed by atoms with Gasteiger partial charge in [0.1, 0.15) is 0 Å². The molecule has 0 saturated carbocycles. The number of hydrogen-bond donors (Lipinski definition) is 0. The fourth-order valence-electron chi connectivity index (χ4n) is 1.39. The van der Waals surface area contributed by atoms with Crippen LogP contribution in [0.3, 0.4) is 0 Å². The number of rotatable bonds is 1. The molecule has 2 rings (SSSR count). The molecule has 3 nitrogen and oxygen atoms in total. The molecule has 1 aliphatic rings. The van der Waals surface area contributed by atoms with Gasteiger partial charge in [-0.2, -0.15) is 0 Å². The van der Waals surface area contributed by atoms with E-state index in [9.17, 15) is 9.70 Å². The minimum Gasteiger partial charge on any atom is -0.291 e. The van der Waals surface area contributed by atoms with E-state index in [0.29, 0.717) is 5.56 Å². The molecule has 0 radical (unpaired) electrons. The van der Waals surface area contributed by atoms with Crippen molar-refractivity contribution in [1.82, 2.24) is 0 Å². The number of nitroso groups, excluding NO2 is 1. The number of carbonyl (C=O) groups is 1. The Balaban J connectivity index is 2.54. The van der Waals surface area contributed by atoms with E-state index in [2.05, 4.69) is 5.18 Å². The van der Waals surface area contributed by atoms with Gasteiger partial charge in [0, 0.05) is 5.56 Å². The maximum atomic E-state index is 11.5. The summed E-state index contributed by atoms with van der Waals surface area (Å²) in [6.45, 7) is 0. The quantitative estimate of drug-likeness (QED) is 0.610. The van der Waals surface area contributed by atoms with Gasteiger partial charge in [-0.05, 0) is 11.6 Å². The molecule has 64 valence electrons. The largest absolute Gasteiger partial charge is 0.291 e. The van der Waals surface area contributed by atoms with Gasteiger partial charge in [-0.25, -0.2) is 0 Å². The molecule has 0 fully saturated rings. The number of carbonyl (C=O) groups excluding carboxylic acids is 1. The minimum atomic E-state index is -0.838. The van der Waals surface area contributed by atoms with Crippen molar-refractivity contribution in [2.24, 2.45) is 5.18 Å². The zero-order chi connectivity index (χ0) is 9.26. The van der Waals surface area contributed by atoms with Gasteiger partial charge in [0.2, 0.25) is 0 Å². The van der Waals surface area contributed by atoms with E-state index in [1.165, 1.54) is 6.08 Å². The Bertz CT molecular complexity index is 396. The van der Waals surface area contributed by atoms with Gasteiger partial charge < -0.3 is 0 Å².